The molecule has 0 radical (unpaired) electrons. The summed E-state index contributed by atoms with van der Waals surface area (Å²) in [4.78, 5) is 4.26. The molecular weight excluding hydrogens is 200 g/mol. The van der Waals surface area contributed by atoms with Crippen LogP contribution in [0.1, 0.15) is 31.0 Å². The van der Waals surface area contributed by atoms with E-state index in [9.17, 15) is 0 Å². The van der Waals surface area contributed by atoms with Gasteiger partial charge in [0, 0.05) is 6.20 Å². The number of pyridine rings is 1. The lowest BCUT2D eigenvalue weighted by Gasteiger charge is -2.04. The van der Waals surface area contributed by atoms with Crippen molar-refractivity contribution in [1.82, 2.24) is 14.8 Å². The monoisotopic (exact) mass is 216 g/mol. The third-order valence-corrected chi connectivity index (χ3v) is 2.57. The number of nitrogens with two attached hydrogens (primary N) is 1. The van der Waals surface area contributed by atoms with Crippen LogP contribution in [0.4, 0.5) is 5.69 Å². The first kappa shape index (κ1) is 10.7. The second-order valence-corrected chi connectivity index (χ2v) is 4.24. The van der Waals surface area contributed by atoms with Crippen LogP contribution in [0.25, 0.3) is 5.82 Å². The Bertz CT molecular complexity index is 499. The molecule has 0 aliphatic carbocycles. The molecule has 0 saturated carbocycles. The fraction of sp³-hybridized carbons (Fsp3) is 0.333. The van der Waals surface area contributed by atoms with Gasteiger partial charge < -0.3 is 5.73 Å². The van der Waals surface area contributed by atoms with Crippen LogP contribution in [0.3, 0.4) is 0 Å². The highest BCUT2D eigenvalue weighted by Crippen LogP contribution is 2.15. The van der Waals surface area contributed by atoms with Crippen LogP contribution in [0.2, 0.25) is 0 Å². The van der Waals surface area contributed by atoms with Crippen molar-refractivity contribution in [3.63, 3.8) is 0 Å². The van der Waals surface area contributed by atoms with E-state index >= 15 is 0 Å². The summed E-state index contributed by atoms with van der Waals surface area (Å²) in [6, 6.07) is 3.95. The Labute approximate surface area is 95.1 Å². The maximum absolute atomic E-state index is 5.73. The fourth-order valence-electron chi connectivity index (χ4n) is 1.45. The van der Waals surface area contributed by atoms with Gasteiger partial charge in [-0.05, 0) is 30.5 Å². The highest BCUT2D eigenvalue weighted by atomic mass is 15.3. The lowest BCUT2D eigenvalue weighted by atomic mass is 10.1. The SMILES string of the molecule is Cc1cc(-n2ccc(C(C)C)n2)ncc1N. The Kier molecular flexibility index (Phi) is 2.64. The Morgan fingerprint density at radius 1 is 1.38 bits per heavy atom. The molecule has 0 spiro atoms. The van der Waals surface area contributed by atoms with E-state index in [-0.39, 0.29) is 0 Å². The summed E-state index contributed by atoms with van der Waals surface area (Å²) in [6.45, 7) is 6.20. The van der Waals surface area contributed by atoms with Crippen LogP contribution in [0.15, 0.2) is 24.5 Å². The van der Waals surface area contributed by atoms with Gasteiger partial charge in [0.25, 0.3) is 0 Å². The molecular formula is C12H16N4. The standard InChI is InChI=1S/C12H16N4/c1-8(2)11-4-5-16(15-11)12-6-9(3)10(13)7-14-12/h4-8H,13H2,1-3H3. The van der Waals surface area contributed by atoms with Crippen LogP contribution in [-0.2, 0) is 0 Å². The van der Waals surface area contributed by atoms with E-state index < -0.39 is 0 Å². The van der Waals surface area contributed by atoms with Gasteiger partial charge >= 0.3 is 0 Å². The van der Waals surface area contributed by atoms with Gasteiger partial charge in [-0.2, -0.15) is 5.10 Å². The van der Waals surface area contributed by atoms with Gasteiger partial charge in [0.05, 0.1) is 17.6 Å². The third-order valence-electron chi connectivity index (χ3n) is 2.57. The van der Waals surface area contributed by atoms with Gasteiger partial charge in [-0.15, -0.1) is 0 Å². The molecule has 0 amide bonds. The second kappa shape index (κ2) is 3.96. The van der Waals surface area contributed by atoms with Crippen molar-refractivity contribution in [3.8, 4) is 5.82 Å². The zero-order valence-corrected chi connectivity index (χ0v) is 9.81. The predicted octanol–water partition coefficient (Wildman–Crippen LogP) is 2.28. The van der Waals surface area contributed by atoms with Gasteiger partial charge in [0.1, 0.15) is 0 Å². The second-order valence-electron chi connectivity index (χ2n) is 4.24. The Hall–Kier alpha value is -1.84. The normalized spacial score (nSPS) is 11.0. The molecule has 2 N–H and O–H groups in total. The first-order valence-corrected chi connectivity index (χ1v) is 5.36. The molecule has 0 aliphatic rings. The third kappa shape index (κ3) is 1.91. The first-order chi connectivity index (χ1) is 7.58. The minimum absolute atomic E-state index is 0.427. The van der Waals surface area contributed by atoms with Crippen molar-refractivity contribution in [1.29, 1.82) is 0 Å². The van der Waals surface area contributed by atoms with Crippen LogP contribution < -0.4 is 5.73 Å². The van der Waals surface area contributed by atoms with Crippen LogP contribution in [0.5, 0.6) is 0 Å². The number of anilines is 1. The molecule has 2 rings (SSSR count). The number of hydrogen-bond donors (Lipinski definition) is 1. The number of nitrogen functional groups attached to an aromatic ring is 1. The Morgan fingerprint density at radius 2 is 2.12 bits per heavy atom. The predicted molar refractivity (Wildman–Crippen MR) is 64.6 cm³/mol. The number of nitrogens with zero attached hydrogens (tertiary/aromatic N) is 3. The molecule has 0 unspecified atom stereocenters. The van der Waals surface area contributed by atoms with Crippen molar-refractivity contribution >= 4 is 5.69 Å². The quantitative estimate of drug-likeness (QED) is 0.837. The average molecular weight is 216 g/mol. The number of rotatable bonds is 2. The van der Waals surface area contributed by atoms with E-state index in [1.807, 2.05) is 25.3 Å². The minimum atomic E-state index is 0.427. The molecule has 16 heavy (non-hydrogen) atoms. The van der Waals surface area contributed by atoms with Gasteiger partial charge in [-0.3, -0.25) is 0 Å². The molecule has 0 aliphatic heterocycles. The topological polar surface area (TPSA) is 56.7 Å². The molecule has 4 nitrogen and oxygen atoms in total. The number of hydrogen-bond acceptors (Lipinski definition) is 3. The Balaban J connectivity index is 2.39. The summed E-state index contributed by atoms with van der Waals surface area (Å²) < 4.78 is 1.78. The van der Waals surface area contributed by atoms with Crippen molar-refractivity contribution < 1.29 is 0 Å². The highest BCUT2D eigenvalue weighted by Gasteiger charge is 2.06. The number of aromatic nitrogens is 3. The van der Waals surface area contributed by atoms with E-state index in [2.05, 4.69) is 23.9 Å². The van der Waals surface area contributed by atoms with E-state index in [4.69, 9.17) is 5.73 Å². The zero-order chi connectivity index (χ0) is 11.7. The molecule has 0 atom stereocenters. The lowest BCUT2D eigenvalue weighted by Crippen LogP contribution is -2.02. The van der Waals surface area contributed by atoms with Crippen LogP contribution >= 0.6 is 0 Å². The van der Waals surface area contributed by atoms with Crippen molar-refractivity contribution in [3.05, 3.63) is 35.8 Å². The van der Waals surface area contributed by atoms with E-state index in [1.165, 1.54) is 0 Å². The van der Waals surface area contributed by atoms with Gasteiger partial charge in [-0.1, -0.05) is 13.8 Å². The van der Waals surface area contributed by atoms with Gasteiger partial charge in [-0.25, -0.2) is 9.67 Å². The zero-order valence-electron chi connectivity index (χ0n) is 9.81. The van der Waals surface area contributed by atoms with E-state index in [1.54, 1.807) is 10.9 Å². The summed E-state index contributed by atoms with van der Waals surface area (Å²) in [5.74, 6) is 1.23. The van der Waals surface area contributed by atoms with Gasteiger partial charge in [0.15, 0.2) is 5.82 Å². The summed E-state index contributed by atoms with van der Waals surface area (Å²) in [5, 5.41) is 4.46. The minimum Gasteiger partial charge on any atom is -0.397 e. The summed E-state index contributed by atoms with van der Waals surface area (Å²) in [6.07, 6.45) is 3.59. The van der Waals surface area contributed by atoms with Crippen molar-refractivity contribution in [2.75, 3.05) is 5.73 Å². The molecule has 0 saturated heterocycles. The molecule has 4 heteroatoms. The molecule has 2 heterocycles. The maximum Gasteiger partial charge on any atom is 0.153 e. The average Bonchev–Trinajstić information content (AvgIpc) is 2.71. The number of aryl methyl sites for hydroxylation is 1. The molecule has 0 bridgehead atoms. The van der Waals surface area contributed by atoms with Crippen molar-refractivity contribution in [2.45, 2.75) is 26.7 Å². The highest BCUT2D eigenvalue weighted by molar-refractivity contribution is 5.47. The van der Waals surface area contributed by atoms with Gasteiger partial charge in [0.2, 0.25) is 0 Å². The molecule has 84 valence electrons. The van der Waals surface area contributed by atoms with Crippen LogP contribution in [0, 0.1) is 6.92 Å². The van der Waals surface area contributed by atoms with Crippen LogP contribution in [-0.4, -0.2) is 14.8 Å². The smallest absolute Gasteiger partial charge is 0.153 e. The van der Waals surface area contributed by atoms with E-state index in [0.717, 1.165) is 17.1 Å². The molecule has 2 aromatic rings. The fourth-order valence-corrected chi connectivity index (χ4v) is 1.45. The molecule has 0 aromatic carbocycles. The summed E-state index contributed by atoms with van der Waals surface area (Å²) in [7, 11) is 0. The largest absolute Gasteiger partial charge is 0.397 e. The van der Waals surface area contributed by atoms with E-state index in [0.29, 0.717) is 11.6 Å². The molecule has 2 aromatic heterocycles. The maximum atomic E-state index is 5.73. The first-order valence-electron chi connectivity index (χ1n) is 5.36. The Morgan fingerprint density at radius 3 is 2.69 bits per heavy atom. The summed E-state index contributed by atoms with van der Waals surface area (Å²) >= 11 is 0. The molecule has 0 fully saturated rings. The summed E-state index contributed by atoms with van der Waals surface area (Å²) in [5.41, 5.74) is 8.52. The lowest BCUT2D eigenvalue weighted by molar-refractivity contribution is 0.757. The van der Waals surface area contributed by atoms with Crippen molar-refractivity contribution in [2.24, 2.45) is 0 Å².